The van der Waals surface area contributed by atoms with Crippen LogP contribution in [0.4, 0.5) is 0 Å². The van der Waals surface area contributed by atoms with E-state index < -0.39 is 0 Å². The molecule has 17 heavy (non-hydrogen) atoms. The molecule has 0 aliphatic heterocycles. The number of rotatable bonds is 5. The van der Waals surface area contributed by atoms with Gasteiger partial charge in [-0.2, -0.15) is 0 Å². The lowest BCUT2D eigenvalue weighted by atomic mass is 10.2. The molecule has 5 heteroatoms. The summed E-state index contributed by atoms with van der Waals surface area (Å²) < 4.78 is 0.590. The zero-order valence-electron chi connectivity index (χ0n) is 10.0. The second-order valence-corrected chi connectivity index (χ2v) is 4.70. The fourth-order valence-corrected chi connectivity index (χ4v) is 1.71. The molecule has 0 unspecified atom stereocenters. The fraction of sp³-hybridized carbons (Fsp3) is 0.417. The molecule has 0 aliphatic rings. The average molecular weight is 301 g/mol. The molecule has 0 heterocycles. The molecule has 0 fully saturated rings. The van der Waals surface area contributed by atoms with Gasteiger partial charge in [0, 0.05) is 19.2 Å². The van der Waals surface area contributed by atoms with Gasteiger partial charge in [-0.05, 0) is 54.1 Å². The lowest BCUT2D eigenvalue weighted by Crippen LogP contribution is -2.29. The van der Waals surface area contributed by atoms with Crippen LogP contribution in [-0.2, 0) is 0 Å². The van der Waals surface area contributed by atoms with E-state index in [0.717, 1.165) is 13.0 Å². The quantitative estimate of drug-likeness (QED) is 0.816. The molecular weight excluding hydrogens is 284 g/mol. The predicted octanol–water partition coefficient (Wildman–Crippen LogP) is 1.84. The van der Waals surface area contributed by atoms with Gasteiger partial charge in [-0.3, -0.25) is 4.79 Å². The van der Waals surface area contributed by atoms with Gasteiger partial charge < -0.3 is 15.3 Å². The third-order valence-electron chi connectivity index (χ3n) is 2.46. The largest absolute Gasteiger partial charge is 0.507 e. The topological polar surface area (TPSA) is 52.6 Å². The van der Waals surface area contributed by atoms with E-state index in [1.54, 1.807) is 24.1 Å². The Labute approximate surface area is 110 Å². The molecule has 0 aliphatic carbocycles. The number of amides is 1. The number of halogens is 1. The van der Waals surface area contributed by atoms with Crippen LogP contribution in [0.2, 0.25) is 0 Å². The maximum atomic E-state index is 12.0. The molecule has 0 spiro atoms. The van der Waals surface area contributed by atoms with Crippen LogP contribution in [-0.4, -0.2) is 43.1 Å². The van der Waals surface area contributed by atoms with Crippen molar-refractivity contribution in [1.29, 1.82) is 0 Å². The minimum absolute atomic E-state index is 0.0797. The van der Waals surface area contributed by atoms with Gasteiger partial charge in [-0.25, -0.2) is 0 Å². The molecule has 0 radical (unpaired) electrons. The first-order valence-electron chi connectivity index (χ1n) is 5.45. The molecule has 94 valence electrons. The van der Waals surface area contributed by atoms with E-state index >= 15 is 0 Å². The number of phenols is 1. The zero-order chi connectivity index (χ0) is 12.8. The number of carbonyl (C=O) groups is 1. The molecule has 2 N–H and O–H groups in total. The Morgan fingerprint density at radius 3 is 2.82 bits per heavy atom. The van der Waals surface area contributed by atoms with Crippen molar-refractivity contribution in [3.63, 3.8) is 0 Å². The molecule has 1 amide bonds. The number of hydrogen-bond acceptors (Lipinski definition) is 3. The van der Waals surface area contributed by atoms with E-state index in [1.165, 1.54) is 6.07 Å². The van der Waals surface area contributed by atoms with Crippen molar-refractivity contribution >= 4 is 21.8 Å². The zero-order valence-corrected chi connectivity index (χ0v) is 11.6. The SMILES string of the molecule is CNCCCN(C)C(=O)c1ccc(Br)c(O)c1. The summed E-state index contributed by atoms with van der Waals surface area (Å²) in [6.45, 7) is 1.57. The second kappa shape index (κ2) is 6.61. The summed E-state index contributed by atoms with van der Waals surface area (Å²) in [5.74, 6) is 0.00313. The van der Waals surface area contributed by atoms with Gasteiger partial charge >= 0.3 is 0 Å². The van der Waals surface area contributed by atoms with Gasteiger partial charge in [-0.15, -0.1) is 0 Å². The van der Waals surface area contributed by atoms with E-state index in [2.05, 4.69) is 21.2 Å². The number of benzene rings is 1. The monoisotopic (exact) mass is 300 g/mol. The number of carbonyl (C=O) groups excluding carboxylic acids is 1. The third kappa shape index (κ3) is 4.02. The number of nitrogens with one attached hydrogen (secondary N) is 1. The Hall–Kier alpha value is -1.07. The van der Waals surface area contributed by atoms with Crippen LogP contribution >= 0.6 is 15.9 Å². The van der Waals surface area contributed by atoms with E-state index in [9.17, 15) is 9.90 Å². The normalized spacial score (nSPS) is 10.3. The summed E-state index contributed by atoms with van der Waals surface area (Å²) in [6, 6.07) is 4.84. The number of aromatic hydroxyl groups is 1. The van der Waals surface area contributed by atoms with Crippen LogP contribution in [0, 0.1) is 0 Å². The first kappa shape index (κ1) is 14.0. The highest BCUT2D eigenvalue weighted by molar-refractivity contribution is 9.10. The van der Waals surface area contributed by atoms with Gasteiger partial charge in [0.2, 0.25) is 0 Å². The van der Waals surface area contributed by atoms with Crippen molar-refractivity contribution in [2.24, 2.45) is 0 Å². The van der Waals surface area contributed by atoms with Gasteiger partial charge in [0.25, 0.3) is 5.91 Å². The first-order valence-corrected chi connectivity index (χ1v) is 6.24. The van der Waals surface area contributed by atoms with Crippen LogP contribution < -0.4 is 5.32 Å². The van der Waals surface area contributed by atoms with Crippen molar-refractivity contribution in [2.75, 3.05) is 27.2 Å². The Morgan fingerprint density at radius 2 is 2.24 bits per heavy atom. The first-order chi connectivity index (χ1) is 8.06. The Balaban J connectivity index is 2.65. The number of phenolic OH excluding ortho intramolecular Hbond substituents is 1. The fourth-order valence-electron chi connectivity index (χ4n) is 1.46. The van der Waals surface area contributed by atoms with Crippen molar-refractivity contribution in [1.82, 2.24) is 10.2 Å². The molecule has 0 saturated carbocycles. The summed E-state index contributed by atoms with van der Waals surface area (Å²) in [5.41, 5.74) is 0.498. The maximum Gasteiger partial charge on any atom is 0.253 e. The van der Waals surface area contributed by atoms with Gasteiger partial charge in [0.05, 0.1) is 4.47 Å². The molecular formula is C12H17BrN2O2. The van der Waals surface area contributed by atoms with Crippen LogP contribution in [0.15, 0.2) is 22.7 Å². The van der Waals surface area contributed by atoms with Crippen LogP contribution in [0.1, 0.15) is 16.8 Å². The second-order valence-electron chi connectivity index (χ2n) is 3.85. The van der Waals surface area contributed by atoms with Crippen molar-refractivity contribution in [3.05, 3.63) is 28.2 Å². The lowest BCUT2D eigenvalue weighted by molar-refractivity contribution is 0.0793. The minimum Gasteiger partial charge on any atom is -0.507 e. The van der Waals surface area contributed by atoms with Gasteiger partial charge in [0.15, 0.2) is 0 Å². The van der Waals surface area contributed by atoms with Crippen LogP contribution in [0.5, 0.6) is 5.75 Å². The lowest BCUT2D eigenvalue weighted by Gasteiger charge is -2.17. The highest BCUT2D eigenvalue weighted by atomic mass is 79.9. The summed E-state index contributed by atoms with van der Waals surface area (Å²) in [6.07, 6.45) is 0.904. The third-order valence-corrected chi connectivity index (χ3v) is 3.13. The summed E-state index contributed by atoms with van der Waals surface area (Å²) in [4.78, 5) is 13.6. The molecule has 0 atom stereocenters. The summed E-state index contributed by atoms with van der Waals surface area (Å²) >= 11 is 3.18. The molecule has 1 aromatic carbocycles. The smallest absolute Gasteiger partial charge is 0.253 e. The predicted molar refractivity (Wildman–Crippen MR) is 71.3 cm³/mol. The molecule has 0 saturated heterocycles. The number of nitrogens with zero attached hydrogens (tertiary/aromatic N) is 1. The highest BCUT2D eigenvalue weighted by Crippen LogP contribution is 2.24. The van der Waals surface area contributed by atoms with E-state index in [1.807, 2.05) is 7.05 Å². The maximum absolute atomic E-state index is 12.0. The van der Waals surface area contributed by atoms with Crippen molar-refractivity contribution in [3.8, 4) is 5.75 Å². The minimum atomic E-state index is -0.0797. The van der Waals surface area contributed by atoms with E-state index in [4.69, 9.17) is 0 Å². The average Bonchev–Trinajstić information content (AvgIpc) is 2.32. The molecule has 0 aromatic heterocycles. The summed E-state index contributed by atoms with van der Waals surface area (Å²) in [5, 5.41) is 12.6. The Kier molecular flexibility index (Phi) is 5.44. The highest BCUT2D eigenvalue weighted by Gasteiger charge is 2.12. The van der Waals surface area contributed by atoms with E-state index in [0.29, 0.717) is 16.6 Å². The molecule has 1 aromatic rings. The molecule has 1 rings (SSSR count). The molecule has 4 nitrogen and oxygen atoms in total. The number of hydrogen-bond donors (Lipinski definition) is 2. The van der Waals surface area contributed by atoms with Crippen molar-refractivity contribution in [2.45, 2.75) is 6.42 Å². The van der Waals surface area contributed by atoms with Crippen molar-refractivity contribution < 1.29 is 9.90 Å². The Morgan fingerprint density at radius 1 is 1.53 bits per heavy atom. The van der Waals surface area contributed by atoms with Gasteiger partial charge in [0.1, 0.15) is 5.75 Å². The Bertz CT molecular complexity index is 396. The standard InChI is InChI=1S/C12H17BrN2O2/c1-14-6-3-7-15(2)12(17)9-4-5-10(13)11(16)8-9/h4-5,8,14,16H,3,6-7H2,1-2H3. The van der Waals surface area contributed by atoms with Crippen LogP contribution in [0.3, 0.4) is 0 Å². The van der Waals surface area contributed by atoms with Crippen LogP contribution in [0.25, 0.3) is 0 Å². The van der Waals surface area contributed by atoms with Gasteiger partial charge in [-0.1, -0.05) is 0 Å². The molecule has 0 bridgehead atoms. The summed E-state index contributed by atoms with van der Waals surface area (Å²) in [7, 11) is 3.64. The van der Waals surface area contributed by atoms with E-state index in [-0.39, 0.29) is 11.7 Å².